The number of aliphatic hydroxyl groups is 1. The maximum Gasteiger partial charge on any atom is 0.120 e. The zero-order valence-corrected chi connectivity index (χ0v) is 12.2. The zero-order chi connectivity index (χ0) is 13.8. The molecule has 0 radical (unpaired) electrons. The van der Waals surface area contributed by atoms with E-state index in [1.165, 1.54) is 16.7 Å². The van der Waals surface area contributed by atoms with E-state index in [1.54, 1.807) is 13.8 Å². The minimum atomic E-state index is -0.931. The molecule has 0 unspecified atom stereocenters. The number of hydrogen-bond donors (Lipinski definition) is 1. The molecule has 0 aromatic heterocycles. The Hall–Kier alpha value is -1.26. The highest BCUT2D eigenvalue weighted by Crippen LogP contribution is 2.19. The van der Waals surface area contributed by atoms with Crippen LogP contribution in [0.4, 0.5) is 0 Å². The van der Waals surface area contributed by atoms with Crippen molar-refractivity contribution in [3.8, 4) is 11.8 Å². The molecule has 18 heavy (non-hydrogen) atoms. The molecule has 0 aliphatic heterocycles. The van der Waals surface area contributed by atoms with E-state index >= 15 is 0 Å². The molecule has 1 rings (SSSR count). The van der Waals surface area contributed by atoms with E-state index < -0.39 is 5.60 Å². The van der Waals surface area contributed by atoms with Crippen LogP contribution < -0.4 is 0 Å². The van der Waals surface area contributed by atoms with Crippen molar-refractivity contribution in [1.29, 1.82) is 0 Å². The number of benzene rings is 1. The second-order valence-corrected chi connectivity index (χ2v) is 5.16. The smallest absolute Gasteiger partial charge is 0.120 e. The van der Waals surface area contributed by atoms with Gasteiger partial charge in [0.25, 0.3) is 0 Å². The Balaban J connectivity index is 3.35. The molecule has 0 fully saturated rings. The summed E-state index contributed by atoms with van der Waals surface area (Å²) in [5.41, 5.74) is 4.14. The molecular weight excluding hydrogens is 220 g/mol. The summed E-state index contributed by atoms with van der Waals surface area (Å²) < 4.78 is 0. The van der Waals surface area contributed by atoms with Crippen LogP contribution in [0.1, 0.15) is 56.9 Å². The molecule has 0 atom stereocenters. The third-order valence-electron chi connectivity index (χ3n) is 3.02. The van der Waals surface area contributed by atoms with Gasteiger partial charge in [-0.1, -0.05) is 44.7 Å². The van der Waals surface area contributed by atoms with Crippen LogP contribution in [0.3, 0.4) is 0 Å². The molecule has 0 spiro atoms. The first-order valence-electron chi connectivity index (χ1n) is 6.81. The number of rotatable bonds is 3. The van der Waals surface area contributed by atoms with E-state index in [0.717, 1.165) is 24.8 Å². The van der Waals surface area contributed by atoms with Crippen LogP contribution in [-0.2, 0) is 19.3 Å². The fraction of sp³-hybridized carbons (Fsp3) is 0.529. The largest absolute Gasteiger partial charge is 0.378 e. The summed E-state index contributed by atoms with van der Waals surface area (Å²) in [6.07, 6.45) is 3.02. The monoisotopic (exact) mass is 244 g/mol. The number of aryl methyl sites for hydroxylation is 3. The van der Waals surface area contributed by atoms with Crippen molar-refractivity contribution in [2.24, 2.45) is 0 Å². The van der Waals surface area contributed by atoms with Gasteiger partial charge < -0.3 is 5.11 Å². The van der Waals surface area contributed by atoms with Crippen molar-refractivity contribution in [3.63, 3.8) is 0 Å². The molecule has 98 valence electrons. The molecule has 0 saturated carbocycles. The van der Waals surface area contributed by atoms with Crippen molar-refractivity contribution in [3.05, 3.63) is 34.4 Å². The molecule has 1 aromatic carbocycles. The molecule has 1 aromatic rings. The molecule has 0 heterocycles. The normalized spacial score (nSPS) is 11.0. The average Bonchev–Trinajstić information content (AvgIpc) is 2.34. The first kappa shape index (κ1) is 14.8. The van der Waals surface area contributed by atoms with Gasteiger partial charge in [-0.15, -0.1) is 0 Å². The average molecular weight is 244 g/mol. The van der Waals surface area contributed by atoms with Crippen LogP contribution in [0.25, 0.3) is 0 Å². The lowest BCUT2D eigenvalue weighted by atomic mass is 9.93. The number of hydrogen-bond acceptors (Lipinski definition) is 1. The molecule has 1 N–H and O–H groups in total. The van der Waals surface area contributed by atoms with Gasteiger partial charge in [-0.2, -0.15) is 0 Å². The minimum absolute atomic E-state index is 0.931. The Morgan fingerprint density at radius 2 is 1.50 bits per heavy atom. The highest BCUT2D eigenvalue weighted by atomic mass is 16.3. The highest BCUT2D eigenvalue weighted by Gasteiger charge is 2.09. The van der Waals surface area contributed by atoms with Gasteiger partial charge in [-0.05, 0) is 49.8 Å². The van der Waals surface area contributed by atoms with Gasteiger partial charge >= 0.3 is 0 Å². The predicted molar refractivity (Wildman–Crippen MR) is 77.8 cm³/mol. The van der Waals surface area contributed by atoms with E-state index in [1.807, 2.05) is 0 Å². The van der Waals surface area contributed by atoms with Crippen LogP contribution in [0.2, 0.25) is 0 Å². The summed E-state index contributed by atoms with van der Waals surface area (Å²) in [7, 11) is 0. The lowest BCUT2D eigenvalue weighted by molar-refractivity contribution is 0.143. The summed E-state index contributed by atoms with van der Waals surface area (Å²) in [6, 6.07) is 4.49. The van der Waals surface area contributed by atoms with E-state index in [9.17, 15) is 5.11 Å². The van der Waals surface area contributed by atoms with Crippen molar-refractivity contribution >= 4 is 0 Å². The molecule has 0 saturated heterocycles. The lowest BCUT2D eigenvalue weighted by Crippen LogP contribution is -2.14. The van der Waals surface area contributed by atoms with E-state index in [4.69, 9.17) is 0 Å². The molecule has 0 aliphatic carbocycles. The van der Waals surface area contributed by atoms with Crippen LogP contribution in [0, 0.1) is 11.8 Å². The van der Waals surface area contributed by atoms with Crippen LogP contribution >= 0.6 is 0 Å². The fourth-order valence-electron chi connectivity index (χ4n) is 1.98. The Kier molecular flexibility index (Phi) is 4.99. The quantitative estimate of drug-likeness (QED) is 0.807. The first-order chi connectivity index (χ1) is 8.41. The molecule has 0 bridgehead atoms. The predicted octanol–water partition coefficient (Wildman–Crippen LogP) is 3.50. The third kappa shape index (κ3) is 3.89. The summed E-state index contributed by atoms with van der Waals surface area (Å²) in [6.45, 7) is 9.93. The minimum Gasteiger partial charge on any atom is -0.378 e. The van der Waals surface area contributed by atoms with E-state index in [-0.39, 0.29) is 0 Å². The second-order valence-electron chi connectivity index (χ2n) is 5.16. The van der Waals surface area contributed by atoms with Gasteiger partial charge in [0.1, 0.15) is 5.60 Å². The summed E-state index contributed by atoms with van der Waals surface area (Å²) >= 11 is 0. The fourth-order valence-corrected chi connectivity index (χ4v) is 1.98. The lowest BCUT2D eigenvalue weighted by Gasteiger charge is -2.12. The third-order valence-corrected chi connectivity index (χ3v) is 3.02. The Morgan fingerprint density at radius 1 is 1.00 bits per heavy atom. The summed E-state index contributed by atoms with van der Waals surface area (Å²) in [4.78, 5) is 0. The van der Waals surface area contributed by atoms with Gasteiger partial charge in [0.05, 0.1) is 0 Å². The topological polar surface area (TPSA) is 20.2 Å². The van der Waals surface area contributed by atoms with Crippen molar-refractivity contribution in [2.75, 3.05) is 0 Å². The van der Waals surface area contributed by atoms with E-state index in [0.29, 0.717) is 0 Å². The molecule has 1 nitrogen and oxygen atoms in total. The van der Waals surface area contributed by atoms with Crippen LogP contribution in [-0.4, -0.2) is 10.7 Å². The molecule has 0 aliphatic rings. The van der Waals surface area contributed by atoms with Crippen LogP contribution in [0.5, 0.6) is 0 Å². The van der Waals surface area contributed by atoms with Crippen molar-refractivity contribution < 1.29 is 5.11 Å². The van der Waals surface area contributed by atoms with Crippen molar-refractivity contribution in [1.82, 2.24) is 0 Å². The summed E-state index contributed by atoms with van der Waals surface area (Å²) in [5, 5.41) is 9.73. The second kappa shape index (κ2) is 6.07. The highest BCUT2D eigenvalue weighted by molar-refractivity contribution is 5.50. The van der Waals surface area contributed by atoms with Gasteiger partial charge in [0.2, 0.25) is 0 Å². The Bertz CT molecular complexity index is 442. The molecule has 1 heteroatoms. The maximum absolute atomic E-state index is 9.73. The van der Waals surface area contributed by atoms with Crippen LogP contribution in [0.15, 0.2) is 12.1 Å². The Labute approximate surface area is 111 Å². The maximum atomic E-state index is 9.73. The molecular formula is C17H24O. The zero-order valence-electron chi connectivity index (χ0n) is 12.2. The van der Waals surface area contributed by atoms with Gasteiger partial charge in [-0.25, -0.2) is 0 Å². The Morgan fingerprint density at radius 3 is 1.83 bits per heavy atom. The van der Waals surface area contributed by atoms with Gasteiger partial charge in [0.15, 0.2) is 0 Å². The molecule has 0 amide bonds. The van der Waals surface area contributed by atoms with E-state index in [2.05, 4.69) is 44.7 Å². The van der Waals surface area contributed by atoms with Gasteiger partial charge in [0, 0.05) is 5.56 Å². The van der Waals surface area contributed by atoms with Gasteiger partial charge in [-0.3, -0.25) is 0 Å². The SMILES string of the molecule is CCc1cc(CC)c(C#CC(C)(C)O)c(CC)c1. The summed E-state index contributed by atoms with van der Waals surface area (Å²) in [5.74, 6) is 6.11. The first-order valence-corrected chi connectivity index (χ1v) is 6.81. The van der Waals surface area contributed by atoms with Crippen molar-refractivity contribution in [2.45, 2.75) is 59.5 Å². The standard InChI is InChI=1S/C17H24O/c1-6-13-11-14(7-2)16(15(8-3)12-13)9-10-17(4,5)18/h11-12,18H,6-8H2,1-5H3.